The molecule has 1 fully saturated rings. The number of ether oxygens (including phenoxy) is 1. The lowest BCUT2D eigenvalue weighted by molar-refractivity contribution is -0.385. The molecule has 1 amide bonds. The Morgan fingerprint density at radius 1 is 1.48 bits per heavy atom. The highest BCUT2D eigenvalue weighted by atomic mass is 79.9. The molecule has 1 heterocycles. The van der Waals surface area contributed by atoms with E-state index in [9.17, 15) is 19.7 Å². The first-order valence-electron chi connectivity index (χ1n) is 6.91. The quantitative estimate of drug-likeness (QED) is 0.482. The van der Waals surface area contributed by atoms with Gasteiger partial charge in [-0.05, 0) is 28.4 Å². The van der Waals surface area contributed by atoms with Crippen molar-refractivity contribution in [2.75, 3.05) is 25.1 Å². The lowest BCUT2D eigenvalue weighted by atomic mass is 10.1. The van der Waals surface area contributed by atoms with Gasteiger partial charge in [0.15, 0.2) is 0 Å². The van der Waals surface area contributed by atoms with Gasteiger partial charge in [0.2, 0.25) is 5.91 Å². The fourth-order valence-electron chi connectivity index (χ4n) is 2.60. The summed E-state index contributed by atoms with van der Waals surface area (Å²) >= 11 is 3.32. The molecule has 124 valence electrons. The van der Waals surface area contributed by atoms with E-state index in [1.54, 1.807) is 0 Å². The van der Waals surface area contributed by atoms with Gasteiger partial charge >= 0.3 is 5.97 Å². The van der Waals surface area contributed by atoms with E-state index in [0.29, 0.717) is 23.2 Å². The van der Waals surface area contributed by atoms with Crippen LogP contribution in [0.1, 0.15) is 23.7 Å². The van der Waals surface area contributed by atoms with E-state index in [1.807, 2.05) is 4.90 Å². The minimum absolute atomic E-state index is 0.0103. The number of nitro groups is 1. The summed E-state index contributed by atoms with van der Waals surface area (Å²) in [5.74, 6) is -0.863. The standard InChI is InChI=1S/C14H16BrN3O5/c1-8(19)16-9-3-4-17(7-9)13-5-10(14(20)23-2)12(18(21)22)6-11(13)15/h5-6,9H,3-4,7H2,1-2H3,(H,16,19)/t9-/m1/s1. The van der Waals surface area contributed by atoms with Crippen LogP contribution in [0.25, 0.3) is 0 Å². The predicted molar refractivity (Wildman–Crippen MR) is 86.6 cm³/mol. The Hall–Kier alpha value is -2.16. The molecule has 23 heavy (non-hydrogen) atoms. The van der Waals surface area contributed by atoms with E-state index in [2.05, 4.69) is 26.0 Å². The molecule has 1 aliphatic rings. The third kappa shape index (κ3) is 3.79. The third-order valence-corrected chi connectivity index (χ3v) is 4.24. The highest BCUT2D eigenvalue weighted by molar-refractivity contribution is 9.10. The van der Waals surface area contributed by atoms with Crippen LogP contribution < -0.4 is 10.2 Å². The van der Waals surface area contributed by atoms with Crippen molar-refractivity contribution >= 4 is 39.2 Å². The molecule has 1 aliphatic heterocycles. The molecular formula is C14H16BrN3O5. The van der Waals surface area contributed by atoms with Crippen molar-refractivity contribution < 1.29 is 19.2 Å². The SMILES string of the molecule is COC(=O)c1cc(N2CC[C@@H](NC(C)=O)C2)c(Br)cc1[N+](=O)[O-]. The second-order valence-electron chi connectivity index (χ2n) is 5.20. The summed E-state index contributed by atoms with van der Waals surface area (Å²) in [7, 11) is 1.18. The number of amides is 1. The zero-order valence-corrected chi connectivity index (χ0v) is 14.3. The van der Waals surface area contributed by atoms with Crippen LogP contribution in [0.5, 0.6) is 0 Å². The number of nitro benzene ring substituents is 1. The maximum Gasteiger partial charge on any atom is 0.344 e. The van der Waals surface area contributed by atoms with Crippen LogP contribution in [0.3, 0.4) is 0 Å². The van der Waals surface area contributed by atoms with E-state index in [1.165, 1.54) is 26.2 Å². The normalized spacial score (nSPS) is 17.0. The second kappa shape index (κ2) is 6.95. The maximum absolute atomic E-state index is 11.8. The molecule has 9 heteroatoms. The molecule has 0 spiro atoms. The highest BCUT2D eigenvalue weighted by Gasteiger charge is 2.29. The zero-order chi connectivity index (χ0) is 17.1. The number of carbonyl (C=O) groups excluding carboxylic acids is 2. The number of esters is 1. The molecule has 0 aromatic heterocycles. The molecule has 2 rings (SSSR count). The molecule has 1 N–H and O–H groups in total. The van der Waals surface area contributed by atoms with Crippen LogP contribution in [-0.2, 0) is 9.53 Å². The Labute approximate surface area is 141 Å². The van der Waals surface area contributed by atoms with Crippen LogP contribution in [0, 0.1) is 10.1 Å². The summed E-state index contributed by atoms with van der Waals surface area (Å²) in [5.41, 5.74) is 0.243. The van der Waals surface area contributed by atoms with Gasteiger partial charge in [-0.25, -0.2) is 4.79 Å². The van der Waals surface area contributed by atoms with Crippen LogP contribution >= 0.6 is 15.9 Å². The number of nitrogens with one attached hydrogen (secondary N) is 1. The Morgan fingerprint density at radius 2 is 2.17 bits per heavy atom. The van der Waals surface area contributed by atoms with Crippen molar-refractivity contribution in [3.63, 3.8) is 0 Å². The summed E-state index contributed by atoms with van der Waals surface area (Å²) < 4.78 is 5.14. The Balaban J connectivity index is 2.34. The van der Waals surface area contributed by atoms with Gasteiger partial charge < -0.3 is 15.0 Å². The van der Waals surface area contributed by atoms with Gasteiger partial charge in [0.05, 0.1) is 17.7 Å². The largest absolute Gasteiger partial charge is 0.465 e. The monoisotopic (exact) mass is 385 g/mol. The van der Waals surface area contributed by atoms with E-state index >= 15 is 0 Å². The molecule has 0 aliphatic carbocycles. The number of nitrogens with zero attached hydrogens (tertiary/aromatic N) is 2. The minimum atomic E-state index is -0.761. The van der Waals surface area contributed by atoms with Crippen molar-refractivity contribution in [1.29, 1.82) is 0 Å². The summed E-state index contributed by atoms with van der Waals surface area (Å²) in [6.07, 6.45) is 0.760. The van der Waals surface area contributed by atoms with Crippen molar-refractivity contribution in [3.05, 3.63) is 32.3 Å². The Kier molecular flexibility index (Phi) is 5.19. The fourth-order valence-corrected chi connectivity index (χ4v) is 3.18. The third-order valence-electron chi connectivity index (χ3n) is 3.60. The number of halogens is 1. The van der Waals surface area contributed by atoms with Crippen molar-refractivity contribution in [3.8, 4) is 0 Å². The first kappa shape index (κ1) is 17.2. The van der Waals surface area contributed by atoms with Gasteiger partial charge in [0, 0.05) is 36.6 Å². The van der Waals surface area contributed by atoms with Crippen LogP contribution in [0.15, 0.2) is 16.6 Å². The summed E-state index contributed by atoms with van der Waals surface area (Å²) in [4.78, 5) is 35.4. The summed E-state index contributed by atoms with van der Waals surface area (Å²) in [5, 5.41) is 14.0. The van der Waals surface area contributed by atoms with Gasteiger partial charge in [-0.1, -0.05) is 0 Å². The van der Waals surface area contributed by atoms with Crippen molar-refractivity contribution in [2.24, 2.45) is 0 Å². The predicted octanol–water partition coefficient (Wildman–Crippen LogP) is 1.86. The van der Waals surface area contributed by atoms with Gasteiger partial charge in [-0.2, -0.15) is 0 Å². The van der Waals surface area contributed by atoms with Gasteiger partial charge in [0.25, 0.3) is 5.69 Å². The van der Waals surface area contributed by atoms with E-state index < -0.39 is 10.9 Å². The van der Waals surface area contributed by atoms with E-state index in [0.717, 1.165) is 6.42 Å². The van der Waals surface area contributed by atoms with Crippen LogP contribution in [-0.4, -0.2) is 43.0 Å². The Morgan fingerprint density at radius 3 is 2.74 bits per heavy atom. The number of rotatable bonds is 4. The molecular weight excluding hydrogens is 370 g/mol. The number of anilines is 1. The molecule has 0 radical (unpaired) electrons. The average Bonchev–Trinajstić information content (AvgIpc) is 2.93. The van der Waals surface area contributed by atoms with Gasteiger partial charge in [-0.3, -0.25) is 14.9 Å². The van der Waals surface area contributed by atoms with Crippen LogP contribution in [0.4, 0.5) is 11.4 Å². The van der Waals surface area contributed by atoms with Gasteiger partial charge in [-0.15, -0.1) is 0 Å². The molecule has 0 saturated carbocycles. The lowest BCUT2D eigenvalue weighted by Gasteiger charge is -2.21. The zero-order valence-electron chi connectivity index (χ0n) is 12.7. The van der Waals surface area contributed by atoms with Gasteiger partial charge in [0.1, 0.15) is 5.56 Å². The first-order valence-corrected chi connectivity index (χ1v) is 7.71. The first-order chi connectivity index (χ1) is 10.8. The molecule has 1 saturated heterocycles. The minimum Gasteiger partial charge on any atom is -0.465 e. The number of methoxy groups -OCH3 is 1. The smallest absolute Gasteiger partial charge is 0.344 e. The highest BCUT2D eigenvalue weighted by Crippen LogP contribution is 2.35. The molecule has 1 atom stereocenters. The number of benzene rings is 1. The summed E-state index contributed by atoms with van der Waals surface area (Å²) in [6.45, 7) is 2.69. The summed E-state index contributed by atoms with van der Waals surface area (Å²) in [6, 6.07) is 2.76. The molecule has 8 nitrogen and oxygen atoms in total. The van der Waals surface area contributed by atoms with E-state index in [-0.39, 0.29) is 23.2 Å². The topological polar surface area (TPSA) is 102 Å². The molecule has 0 bridgehead atoms. The van der Waals surface area contributed by atoms with Crippen LogP contribution in [0.2, 0.25) is 0 Å². The molecule has 0 unspecified atom stereocenters. The Bertz CT molecular complexity index is 664. The van der Waals surface area contributed by atoms with E-state index in [4.69, 9.17) is 0 Å². The molecule has 1 aromatic rings. The maximum atomic E-state index is 11.8. The lowest BCUT2D eigenvalue weighted by Crippen LogP contribution is -2.35. The molecule has 1 aromatic carbocycles. The van der Waals surface area contributed by atoms with Crippen molar-refractivity contribution in [1.82, 2.24) is 5.32 Å². The number of hydrogen-bond donors (Lipinski definition) is 1. The second-order valence-corrected chi connectivity index (χ2v) is 6.06. The fraction of sp³-hybridized carbons (Fsp3) is 0.429. The number of carbonyl (C=O) groups is 2. The average molecular weight is 386 g/mol. The van der Waals surface area contributed by atoms with Crippen molar-refractivity contribution in [2.45, 2.75) is 19.4 Å². The number of hydrogen-bond acceptors (Lipinski definition) is 6.